The number of benzene rings is 1. The second kappa shape index (κ2) is 7.50. The quantitative estimate of drug-likeness (QED) is 0.780. The van der Waals surface area contributed by atoms with Gasteiger partial charge in [-0.1, -0.05) is 43.6 Å². The Morgan fingerprint density at radius 1 is 1.14 bits per heavy atom. The molecule has 1 aromatic rings. The number of halogens is 1. The van der Waals surface area contributed by atoms with Gasteiger partial charge in [0.25, 0.3) is 0 Å². The van der Waals surface area contributed by atoms with Crippen LogP contribution >= 0.6 is 15.9 Å². The molecule has 4 heteroatoms. The minimum absolute atomic E-state index is 0.272. The first-order valence-corrected chi connectivity index (χ1v) is 8.06. The van der Waals surface area contributed by atoms with Crippen LogP contribution in [-0.4, -0.2) is 19.3 Å². The molecule has 2 atom stereocenters. The number of rotatable bonds is 6. The molecule has 0 radical (unpaired) electrons. The molecule has 3 nitrogen and oxygen atoms in total. The largest absolute Gasteiger partial charge is 0.493 e. The van der Waals surface area contributed by atoms with Crippen molar-refractivity contribution in [1.82, 2.24) is 0 Å². The lowest BCUT2D eigenvalue weighted by Crippen LogP contribution is -2.14. The Bertz CT molecular complexity index is 466. The maximum atomic E-state index is 10.5. The smallest absolute Gasteiger partial charge is 0.161 e. The predicted octanol–water partition coefficient (Wildman–Crippen LogP) is 4.96. The summed E-state index contributed by atoms with van der Waals surface area (Å²) in [4.78, 5) is 0. The number of methoxy groups -OCH3 is 2. The van der Waals surface area contributed by atoms with Crippen molar-refractivity contribution in [3.8, 4) is 11.5 Å². The Kier molecular flexibility index (Phi) is 6.54. The van der Waals surface area contributed by atoms with Gasteiger partial charge in [-0.2, -0.15) is 0 Å². The second-order valence-corrected chi connectivity index (χ2v) is 7.70. The highest BCUT2D eigenvalue weighted by molar-refractivity contribution is 9.10. The van der Waals surface area contributed by atoms with E-state index < -0.39 is 6.10 Å². The van der Waals surface area contributed by atoms with Crippen molar-refractivity contribution in [2.24, 2.45) is 11.3 Å². The second-order valence-electron chi connectivity index (χ2n) is 6.85. The minimum Gasteiger partial charge on any atom is -0.493 e. The highest BCUT2D eigenvalue weighted by atomic mass is 79.9. The summed E-state index contributed by atoms with van der Waals surface area (Å²) in [5, 5.41) is 10.5. The zero-order valence-corrected chi connectivity index (χ0v) is 15.5. The van der Waals surface area contributed by atoms with Crippen LogP contribution in [0.15, 0.2) is 16.6 Å². The van der Waals surface area contributed by atoms with E-state index in [1.54, 1.807) is 14.2 Å². The van der Waals surface area contributed by atoms with E-state index >= 15 is 0 Å². The fourth-order valence-corrected chi connectivity index (χ4v) is 3.35. The van der Waals surface area contributed by atoms with Gasteiger partial charge < -0.3 is 14.6 Å². The monoisotopic (exact) mass is 358 g/mol. The SMILES string of the molecule is COc1cc(Br)c(C(O)CC(C)CC(C)(C)C)cc1OC. The van der Waals surface area contributed by atoms with Crippen LogP contribution in [0.3, 0.4) is 0 Å². The van der Waals surface area contributed by atoms with Crippen LogP contribution in [0.5, 0.6) is 11.5 Å². The number of ether oxygens (including phenoxy) is 2. The molecular formula is C17H27BrO3. The van der Waals surface area contributed by atoms with Crippen LogP contribution in [-0.2, 0) is 0 Å². The zero-order valence-electron chi connectivity index (χ0n) is 13.9. The zero-order chi connectivity index (χ0) is 16.2. The maximum absolute atomic E-state index is 10.5. The summed E-state index contributed by atoms with van der Waals surface area (Å²) in [5.41, 5.74) is 1.11. The molecule has 0 aliphatic carbocycles. The van der Waals surface area contributed by atoms with Crippen molar-refractivity contribution in [1.29, 1.82) is 0 Å². The van der Waals surface area contributed by atoms with Crippen LogP contribution < -0.4 is 9.47 Å². The molecule has 120 valence electrons. The molecule has 0 heterocycles. The van der Waals surface area contributed by atoms with Gasteiger partial charge in [0.2, 0.25) is 0 Å². The first-order chi connectivity index (χ1) is 9.67. The Balaban J connectivity index is 2.89. The maximum Gasteiger partial charge on any atom is 0.161 e. The number of hydrogen-bond acceptors (Lipinski definition) is 3. The summed E-state index contributed by atoms with van der Waals surface area (Å²) in [7, 11) is 3.20. The van der Waals surface area contributed by atoms with Gasteiger partial charge in [-0.15, -0.1) is 0 Å². The topological polar surface area (TPSA) is 38.7 Å². The molecule has 0 amide bonds. The van der Waals surface area contributed by atoms with Crippen molar-refractivity contribution in [3.63, 3.8) is 0 Å². The summed E-state index contributed by atoms with van der Waals surface area (Å²) in [6.45, 7) is 8.86. The van der Waals surface area contributed by atoms with Gasteiger partial charge in [0.05, 0.1) is 20.3 Å². The molecule has 1 rings (SSSR count). The third-order valence-electron chi connectivity index (χ3n) is 3.45. The van der Waals surface area contributed by atoms with E-state index in [0.717, 1.165) is 22.9 Å². The van der Waals surface area contributed by atoms with Gasteiger partial charge in [0.15, 0.2) is 11.5 Å². The summed E-state index contributed by atoms with van der Waals surface area (Å²) in [5.74, 6) is 1.74. The van der Waals surface area contributed by atoms with E-state index in [9.17, 15) is 5.11 Å². The molecule has 0 saturated heterocycles. The van der Waals surface area contributed by atoms with E-state index in [1.807, 2.05) is 12.1 Å². The van der Waals surface area contributed by atoms with Crippen molar-refractivity contribution < 1.29 is 14.6 Å². The summed E-state index contributed by atoms with van der Waals surface area (Å²) in [6.07, 6.45) is 1.29. The summed E-state index contributed by atoms with van der Waals surface area (Å²) in [6, 6.07) is 3.68. The van der Waals surface area contributed by atoms with Crippen molar-refractivity contribution in [2.45, 2.75) is 46.6 Å². The van der Waals surface area contributed by atoms with Gasteiger partial charge in [0.1, 0.15) is 0 Å². The van der Waals surface area contributed by atoms with Crippen LogP contribution in [0.25, 0.3) is 0 Å². The average molecular weight is 359 g/mol. The van der Waals surface area contributed by atoms with Crippen LogP contribution in [0, 0.1) is 11.3 Å². The van der Waals surface area contributed by atoms with Crippen molar-refractivity contribution in [2.75, 3.05) is 14.2 Å². The van der Waals surface area contributed by atoms with E-state index in [0.29, 0.717) is 17.4 Å². The van der Waals surface area contributed by atoms with Gasteiger partial charge >= 0.3 is 0 Å². The fourth-order valence-electron chi connectivity index (χ4n) is 2.76. The lowest BCUT2D eigenvalue weighted by molar-refractivity contribution is 0.133. The average Bonchev–Trinajstić information content (AvgIpc) is 2.35. The standard InChI is InChI=1S/C17H27BrO3/c1-11(10-17(2,3)4)7-14(19)12-8-15(20-5)16(21-6)9-13(12)18/h8-9,11,14,19H,7,10H2,1-6H3. The van der Waals surface area contributed by atoms with Crippen molar-refractivity contribution >= 4 is 15.9 Å². The van der Waals surface area contributed by atoms with Crippen molar-refractivity contribution in [3.05, 3.63) is 22.2 Å². The molecular weight excluding hydrogens is 332 g/mol. The lowest BCUT2D eigenvalue weighted by Gasteiger charge is -2.25. The molecule has 2 unspecified atom stereocenters. The summed E-state index contributed by atoms with van der Waals surface area (Å²) >= 11 is 3.51. The normalized spacial score (nSPS) is 14.7. The Morgan fingerprint density at radius 3 is 2.14 bits per heavy atom. The highest BCUT2D eigenvalue weighted by Crippen LogP contribution is 2.38. The molecule has 1 aromatic carbocycles. The molecule has 21 heavy (non-hydrogen) atoms. The highest BCUT2D eigenvalue weighted by Gasteiger charge is 2.21. The number of aliphatic hydroxyl groups is 1. The molecule has 0 bridgehead atoms. The number of aliphatic hydroxyl groups excluding tert-OH is 1. The minimum atomic E-state index is -0.517. The third kappa shape index (κ3) is 5.51. The Labute approximate surface area is 136 Å². The predicted molar refractivity (Wildman–Crippen MR) is 90.1 cm³/mol. The lowest BCUT2D eigenvalue weighted by atomic mass is 9.82. The van der Waals surface area contributed by atoms with E-state index in [2.05, 4.69) is 43.6 Å². The van der Waals surface area contributed by atoms with E-state index in [4.69, 9.17) is 9.47 Å². The fraction of sp³-hybridized carbons (Fsp3) is 0.647. The first kappa shape index (κ1) is 18.3. The Morgan fingerprint density at radius 2 is 1.67 bits per heavy atom. The molecule has 1 N–H and O–H groups in total. The molecule has 0 saturated carbocycles. The van der Waals surface area contributed by atoms with Crippen LogP contribution in [0.4, 0.5) is 0 Å². The molecule has 0 aliphatic heterocycles. The van der Waals surface area contributed by atoms with E-state index in [1.165, 1.54) is 0 Å². The van der Waals surface area contributed by atoms with Gasteiger partial charge in [0, 0.05) is 4.47 Å². The Hall–Kier alpha value is -0.740. The van der Waals surface area contributed by atoms with Gasteiger partial charge in [-0.25, -0.2) is 0 Å². The van der Waals surface area contributed by atoms with Crippen LogP contribution in [0.2, 0.25) is 0 Å². The molecule has 0 aromatic heterocycles. The molecule has 0 spiro atoms. The van der Waals surface area contributed by atoms with Crippen LogP contribution in [0.1, 0.15) is 52.2 Å². The molecule has 0 fully saturated rings. The van der Waals surface area contributed by atoms with E-state index in [-0.39, 0.29) is 5.41 Å². The first-order valence-electron chi connectivity index (χ1n) is 7.27. The van der Waals surface area contributed by atoms with Gasteiger partial charge in [-0.05, 0) is 41.9 Å². The molecule has 0 aliphatic rings. The van der Waals surface area contributed by atoms with Gasteiger partial charge in [-0.3, -0.25) is 0 Å². The third-order valence-corrected chi connectivity index (χ3v) is 4.14. The summed E-state index contributed by atoms with van der Waals surface area (Å²) < 4.78 is 11.4. The number of hydrogen-bond donors (Lipinski definition) is 1.